The second kappa shape index (κ2) is 7.67. The van der Waals surface area contributed by atoms with Crippen molar-refractivity contribution in [2.75, 3.05) is 31.5 Å². The topological polar surface area (TPSA) is 61.4 Å². The molecule has 0 aliphatic carbocycles. The number of hydrogen-bond acceptors (Lipinski definition) is 3. The molecule has 5 heteroatoms. The third kappa shape index (κ3) is 4.21. The Balaban J connectivity index is 1.92. The lowest BCUT2D eigenvalue weighted by atomic mass is 10.1. The minimum atomic E-state index is -0.207. The predicted molar refractivity (Wildman–Crippen MR) is 83.4 cm³/mol. The van der Waals surface area contributed by atoms with Gasteiger partial charge in [0.05, 0.1) is 12.1 Å². The Kier molecular flexibility index (Phi) is 5.60. The zero-order valence-corrected chi connectivity index (χ0v) is 12.5. The summed E-state index contributed by atoms with van der Waals surface area (Å²) in [6.07, 6.45) is 3.11. The molecule has 0 bridgehead atoms. The van der Waals surface area contributed by atoms with Crippen LogP contribution in [-0.4, -0.2) is 42.9 Å². The SMILES string of the molecule is CCCNc1ccccc1C(=O)NCC(=O)N1CCCC1. The second-order valence-electron chi connectivity index (χ2n) is 5.24. The van der Waals surface area contributed by atoms with Gasteiger partial charge in [-0.15, -0.1) is 0 Å². The van der Waals surface area contributed by atoms with Crippen LogP contribution in [0.15, 0.2) is 24.3 Å². The summed E-state index contributed by atoms with van der Waals surface area (Å²) in [6.45, 7) is 4.58. The average Bonchev–Trinajstić information content (AvgIpc) is 3.05. The van der Waals surface area contributed by atoms with E-state index in [0.717, 1.165) is 44.6 Å². The van der Waals surface area contributed by atoms with E-state index in [2.05, 4.69) is 17.6 Å². The summed E-state index contributed by atoms with van der Waals surface area (Å²) in [7, 11) is 0. The minimum absolute atomic E-state index is 0.000140. The number of hydrogen-bond donors (Lipinski definition) is 2. The zero-order chi connectivity index (χ0) is 15.1. The molecule has 114 valence electrons. The van der Waals surface area contributed by atoms with Crippen molar-refractivity contribution in [3.05, 3.63) is 29.8 Å². The average molecular weight is 289 g/mol. The molecule has 1 aromatic carbocycles. The van der Waals surface area contributed by atoms with Gasteiger partial charge in [0.25, 0.3) is 5.91 Å². The van der Waals surface area contributed by atoms with Gasteiger partial charge in [0.15, 0.2) is 0 Å². The first kappa shape index (κ1) is 15.4. The Morgan fingerprint density at radius 2 is 1.90 bits per heavy atom. The normalized spacial score (nSPS) is 14.0. The summed E-state index contributed by atoms with van der Waals surface area (Å²) in [5.41, 5.74) is 1.39. The molecular weight excluding hydrogens is 266 g/mol. The fraction of sp³-hybridized carbons (Fsp3) is 0.500. The first-order valence-corrected chi connectivity index (χ1v) is 7.61. The van der Waals surface area contributed by atoms with Gasteiger partial charge in [0, 0.05) is 25.3 Å². The van der Waals surface area contributed by atoms with E-state index in [1.165, 1.54) is 0 Å². The number of likely N-dealkylation sites (tertiary alicyclic amines) is 1. The molecule has 1 aliphatic heterocycles. The van der Waals surface area contributed by atoms with E-state index in [0.29, 0.717) is 5.56 Å². The summed E-state index contributed by atoms with van der Waals surface area (Å²) in [6, 6.07) is 7.37. The molecule has 0 atom stereocenters. The summed E-state index contributed by atoms with van der Waals surface area (Å²) in [4.78, 5) is 26.0. The highest BCUT2D eigenvalue weighted by Crippen LogP contribution is 2.15. The Labute approximate surface area is 125 Å². The highest BCUT2D eigenvalue weighted by Gasteiger charge is 2.19. The van der Waals surface area contributed by atoms with Gasteiger partial charge in [-0.25, -0.2) is 0 Å². The van der Waals surface area contributed by atoms with Crippen molar-refractivity contribution in [1.29, 1.82) is 0 Å². The number of para-hydroxylation sites is 1. The van der Waals surface area contributed by atoms with Crippen LogP contribution < -0.4 is 10.6 Å². The summed E-state index contributed by atoms with van der Waals surface area (Å²) in [5, 5.41) is 5.95. The number of rotatable bonds is 6. The standard InChI is InChI=1S/C16H23N3O2/c1-2-9-17-14-8-4-3-7-13(14)16(21)18-12-15(20)19-10-5-6-11-19/h3-4,7-8,17H,2,5-6,9-12H2,1H3,(H,18,21). The summed E-state index contributed by atoms with van der Waals surface area (Å²) >= 11 is 0. The molecule has 1 heterocycles. The van der Waals surface area contributed by atoms with Crippen molar-refractivity contribution in [2.45, 2.75) is 26.2 Å². The Hall–Kier alpha value is -2.04. The van der Waals surface area contributed by atoms with Crippen LogP contribution >= 0.6 is 0 Å². The maximum absolute atomic E-state index is 12.2. The molecule has 0 saturated carbocycles. The molecule has 1 aliphatic rings. The van der Waals surface area contributed by atoms with Crippen LogP contribution in [0.25, 0.3) is 0 Å². The second-order valence-corrected chi connectivity index (χ2v) is 5.24. The molecule has 1 saturated heterocycles. The molecule has 0 radical (unpaired) electrons. The smallest absolute Gasteiger partial charge is 0.253 e. The van der Waals surface area contributed by atoms with Crippen LogP contribution in [0.3, 0.4) is 0 Å². The molecular formula is C16H23N3O2. The van der Waals surface area contributed by atoms with Gasteiger partial charge in [0.2, 0.25) is 5.91 Å². The molecule has 5 nitrogen and oxygen atoms in total. The number of carbonyl (C=O) groups is 2. The van der Waals surface area contributed by atoms with Crippen molar-refractivity contribution in [1.82, 2.24) is 10.2 Å². The van der Waals surface area contributed by atoms with Gasteiger partial charge in [-0.05, 0) is 31.4 Å². The molecule has 2 rings (SSSR count). The number of anilines is 1. The third-order valence-corrected chi connectivity index (χ3v) is 3.60. The summed E-state index contributed by atoms with van der Waals surface area (Å²) in [5.74, 6) is -0.207. The molecule has 21 heavy (non-hydrogen) atoms. The van der Waals surface area contributed by atoms with Crippen LogP contribution in [-0.2, 0) is 4.79 Å². The number of nitrogens with zero attached hydrogens (tertiary/aromatic N) is 1. The van der Waals surface area contributed by atoms with Crippen molar-refractivity contribution in [2.24, 2.45) is 0 Å². The van der Waals surface area contributed by atoms with Gasteiger partial charge in [-0.1, -0.05) is 19.1 Å². The number of carbonyl (C=O) groups excluding carboxylic acids is 2. The predicted octanol–water partition coefficient (Wildman–Crippen LogP) is 1.86. The number of benzene rings is 1. The van der Waals surface area contributed by atoms with Gasteiger partial charge >= 0.3 is 0 Å². The van der Waals surface area contributed by atoms with E-state index in [1.54, 1.807) is 6.07 Å². The lowest BCUT2D eigenvalue weighted by Gasteiger charge is -2.16. The fourth-order valence-electron chi connectivity index (χ4n) is 2.42. The highest BCUT2D eigenvalue weighted by atomic mass is 16.2. The van der Waals surface area contributed by atoms with Crippen LogP contribution in [0.4, 0.5) is 5.69 Å². The van der Waals surface area contributed by atoms with Crippen molar-refractivity contribution < 1.29 is 9.59 Å². The maximum Gasteiger partial charge on any atom is 0.253 e. The third-order valence-electron chi connectivity index (χ3n) is 3.60. The van der Waals surface area contributed by atoms with Crippen molar-refractivity contribution in [3.8, 4) is 0 Å². The van der Waals surface area contributed by atoms with E-state index in [1.807, 2.05) is 23.1 Å². The molecule has 2 N–H and O–H groups in total. The van der Waals surface area contributed by atoms with E-state index in [9.17, 15) is 9.59 Å². The quantitative estimate of drug-likeness (QED) is 0.840. The molecule has 0 spiro atoms. The lowest BCUT2D eigenvalue weighted by molar-refractivity contribution is -0.129. The van der Waals surface area contributed by atoms with E-state index in [4.69, 9.17) is 0 Å². The highest BCUT2D eigenvalue weighted by molar-refractivity contribution is 6.01. The first-order valence-electron chi connectivity index (χ1n) is 7.61. The molecule has 1 fully saturated rings. The lowest BCUT2D eigenvalue weighted by Crippen LogP contribution is -2.38. The minimum Gasteiger partial charge on any atom is -0.384 e. The maximum atomic E-state index is 12.2. The number of nitrogens with one attached hydrogen (secondary N) is 2. The van der Waals surface area contributed by atoms with Gasteiger partial charge < -0.3 is 15.5 Å². The van der Waals surface area contributed by atoms with Gasteiger partial charge in [-0.2, -0.15) is 0 Å². The van der Waals surface area contributed by atoms with E-state index in [-0.39, 0.29) is 18.4 Å². The molecule has 2 amide bonds. The van der Waals surface area contributed by atoms with Crippen LogP contribution in [0.2, 0.25) is 0 Å². The first-order chi connectivity index (χ1) is 10.2. The number of amides is 2. The fourth-order valence-corrected chi connectivity index (χ4v) is 2.42. The van der Waals surface area contributed by atoms with Gasteiger partial charge in [0.1, 0.15) is 0 Å². The van der Waals surface area contributed by atoms with Crippen LogP contribution in [0.1, 0.15) is 36.5 Å². The van der Waals surface area contributed by atoms with Gasteiger partial charge in [-0.3, -0.25) is 9.59 Å². The van der Waals surface area contributed by atoms with E-state index < -0.39 is 0 Å². The monoisotopic (exact) mass is 289 g/mol. The summed E-state index contributed by atoms with van der Waals surface area (Å²) < 4.78 is 0. The molecule has 0 unspecified atom stereocenters. The van der Waals surface area contributed by atoms with Crippen molar-refractivity contribution >= 4 is 17.5 Å². The Bertz CT molecular complexity index is 496. The largest absolute Gasteiger partial charge is 0.384 e. The zero-order valence-electron chi connectivity index (χ0n) is 12.5. The van der Waals surface area contributed by atoms with Crippen LogP contribution in [0.5, 0.6) is 0 Å². The molecule has 0 aromatic heterocycles. The molecule has 1 aromatic rings. The Morgan fingerprint density at radius 3 is 2.62 bits per heavy atom. The van der Waals surface area contributed by atoms with E-state index >= 15 is 0 Å². The van der Waals surface area contributed by atoms with Crippen LogP contribution in [0, 0.1) is 0 Å². The van der Waals surface area contributed by atoms with Crippen molar-refractivity contribution in [3.63, 3.8) is 0 Å². The Morgan fingerprint density at radius 1 is 1.19 bits per heavy atom.